The van der Waals surface area contributed by atoms with Crippen LogP contribution in [0.15, 0.2) is 24.3 Å². The zero-order valence-corrected chi connectivity index (χ0v) is 30.7. The molecule has 11 nitrogen and oxygen atoms in total. The number of aliphatic hydroxyl groups is 1. The number of esters is 1. The van der Waals surface area contributed by atoms with Gasteiger partial charge in [0.2, 0.25) is 5.91 Å². The molecule has 0 aromatic carbocycles. The topological polar surface area (TPSA) is 169 Å². The highest BCUT2D eigenvalue weighted by Gasteiger charge is 2.28. The van der Waals surface area contributed by atoms with Gasteiger partial charge in [-0.2, -0.15) is 0 Å². The van der Waals surface area contributed by atoms with E-state index in [0.29, 0.717) is 12.8 Å². The van der Waals surface area contributed by atoms with E-state index in [-0.39, 0.29) is 12.8 Å². The molecule has 0 heterocycles. The van der Waals surface area contributed by atoms with Crippen LogP contribution in [0.3, 0.4) is 0 Å². The molecular formula is C36H66NO10P. The Morgan fingerprint density at radius 3 is 1.65 bits per heavy atom. The van der Waals surface area contributed by atoms with Gasteiger partial charge in [-0.3, -0.25) is 18.6 Å². The van der Waals surface area contributed by atoms with Crippen molar-refractivity contribution in [1.82, 2.24) is 5.32 Å². The van der Waals surface area contributed by atoms with Crippen molar-refractivity contribution in [3.05, 3.63) is 24.3 Å². The van der Waals surface area contributed by atoms with E-state index in [4.69, 9.17) is 13.8 Å². The molecule has 3 unspecified atom stereocenters. The van der Waals surface area contributed by atoms with Crippen LogP contribution in [0.1, 0.15) is 155 Å². The standard InChI is InChI=1S/C36H66NO10P/c1-3-5-7-9-11-13-15-16-18-19-21-23-25-27-34(39)37-33(36(41)42)31-47-48(43,44)46-30-32(38)29-45-35(40)28-26-24-22-20-17-14-12-10-8-6-4-2/h10,12-13,15,32-33,38H,3-9,11,14,16-31H2,1-2H3,(H,37,39)(H,41,42)(H,43,44)/b12-10-,15-13-. The zero-order valence-electron chi connectivity index (χ0n) is 29.8. The fourth-order valence-electron chi connectivity index (χ4n) is 4.76. The van der Waals surface area contributed by atoms with Gasteiger partial charge in [-0.15, -0.1) is 0 Å². The number of carbonyl (C=O) groups is 3. The Morgan fingerprint density at radius 1 is 0.646 bits per heavy atom. The van der Waals surface area contributed by atoms with Crippen LogP contribution in [0, 0.1) is 0 Å². The van der Waals surface area contributed by atoms with Gasteiger partial charge in [0, 0.05) is 12.8 Å². The second-order valence-electron chi connectivity index (χ2n) is 12.4. The van der Waals surface area contributed by atoms with Gasteiger partial charge >= 0.3 is 19.8 Å². The number of rotatable bonds is 34. The van der Waals surface area contributed by atoms with Gasteiger partial charge in [0.05, 0.1) is 13.2 Å². The van der Waals surface area contributed by atoms with Crippen LogP contribution in [0.2, 0.25) is 0 Å². The molecule has 0 aliphatic rings. The van der Waals surface area contributed by atoms with E-state index in [1.54, 1.807) is 0 Å². The molecule has 0 fully saturated rings. The average molecular weight is 704 g/mol. The first-order chi connectivity index (χ1) is 23.1. The molecule has 0 saturated heterocycles. The van der Waals surface area contributed by atoms with Gasteiger partial charge in [0.15, 0.2) is 6.04 Å². The summed E-state index contributed by atoms with van der Waals surface area (Å²) in [4.78, 5) is 45.6. The number of aliphatic hydroxyl groups excluding tert-OH is 1. The van der Waals surface area contributed by atoms with Crippen molar-refractivity contribution in [2.24, 2.45) is 0 Å². The molecule has 0 aromatic heterocycles. The van der Waals surface area contributed by atoms with Crippen LogP contribution in [-0.4, -0.2) is 64.9 Å². The van der Waals surface area contributed by atoms with Crippen molar-refractivity contribution in [2.75, 3.05) is 19.8 Å². The second kappa shape index (κ2) is 32.2. The van der Waals surface area contributed by atoms with E-state index in [0.717, 1.165) is 77.0 Å². The quantitative estimate of drug-likeness (QED) is 0.0221. The molecule has 0 radical (unpaired) electrons. The van der Waals surface area contributed by atoms with Crippen LogP contribution < -0.4 is 5.32 Å². The number of aliphatic carboxylic acids is 1. The Bertz CT molecular complexity index is 926. The summed E-state index contributed by atoms with van der Waals surface area (Å²) < 4.78 is 26.6. The molecule has 0 aliphatic heterocycles. The monoisotopic (exact) mass is 703 g/mol. The van der Waals surface area contributed by atoms with E-state index in [1.165, 1.54) is 38.5 Å². The fraction of sp³-hybridized carbons (Fsp3) is 0.806. The van der Waals surface area contributed by atoms with E-state index >= 15 is 0 Å². The molecule has 0 rings (SSSR count). The van der Waals surface area contributed by atoms with Gasteiger partial charge in [-0.1, -0.05) is 109 Å². The number of amides is 1. The third-order valence-corrected chi connectivity index (χ3v) is 8.66. The molecule has 0 aromatic rings. The molecular weight excluding hydrogens is 637 g/mol. The summed E-state index contributed by atoms with van der Waals surface area (Å²) in [6, 6.07) is -1.55. The minimum absolute atomic E-state index is 0.136. The second-order valence-corrected chi connectivity index (χ2v) is 13.9. The molecule has 280 valence electrons. The summed E-state index contributed by atoms with van der Waals surface area (Å²) >= 11 is 0. The average Bonchev–Trinajstić information content (AvgIpc) is 3.05. The van der Waals surface area contributed by atoms with Gasteiger partial charge < -0.3 is 25.2 Å². The van der Waals surface area contributed by atoms with Crippen LogP contribution in [-0.2, 0) is 32.7 Å². The highest BCUT2D eigenvalue weighted by atomic mass is 31.2. The smallest absolute Gasteiger partial charge is 0.472 e. The molecule has 0 saturated carbocycles. The first-order valence-electron chi connectivity index (χ1n) is 18.4. The van der Waals surface area contributed by atoms with Gasteiger partial charge in [-0.25, -0.2) is 9.36 Å². The third-order valence-electron chi connectivity index (χ3n) is 7.71. The molecule has 0 spiro atoms. The fourth-order valence-corrected chi connectivity index (χ4v) is 5.53. The number of carboxylic acid groups (broad SMARTS) is 1. The van der Waals surface area contributed by atoms with Crippen molar-refractivity contribution in [3.8, 4) is 0 Å². The van der Waals surface area contributed by atoms with Crippen LogP contribution in [0.5, 0.6) is 0 Å². The maximum atomic E-state index is 12.2. The van der Waals surface area contributed by atoms with E-state index < -0.39 is 57.6 Å². The summed E-state index contributed by atoms with van der Waals surface area (Å²) in [6.45, 7) is 2.49. The highest BCUT2D eigenvalue weighted by molar-refractivity contribution is 7.47. The summed E-state index contributed by atoms with van der Waals surface area (Å²) in [5.74, 6) is -2.40. The Balaban J connectivity index is 4.01. The Morgan fingerprint density at radius 2 is 1.10 bits per heavy atom. The first-order valence-corrected chi connectivity index (χ1v) is 19.9. The van der Waals surface area contributed by atoms with Gasteiger partial charge in [-0.05, 0) is 57.8 Å². The number of hydrogen-bond acceptors (Lipinski definition) is 8. The number of allylic oxidation sites excluding steroid dienone is 4. The lowest BCUT2D eigenvalue weighted by atomic mass is 10.1. The number of hydrogen-bond donors (Lipinski definition) is 4. The SMILES string of the molecule is CCCC/C=C\CCCCCCCC(=O)OCC(O)COP(=O)(O)OCC(NC(=O)CCCCCCC/C=C\CCCCCC)C(=O)O. The maximum Gasteiger partial charge on any atom is 0.472 e. The molecule has 4 N–H and O–H groups in total. The molecule has 3 atom stereocenters. The molecule has 48 heavy (non-hydrogen) atoms. The summed E-state index contributed by atoms with van der Waals surface area (Å²) in [7, 11) is -4.75. The predicted molar refractivity (Wildman–Crippen MR) is 189 cm³/mol. The van der Waals surface area contributed by atoms with Crippen molar-refractivity contribution >= 4 is 25.7 Å². The number of nitrogens with one attached hydrogen (secondary N) is 1. The summed E-state index contributed by atoms with van der Waals surface area (Å²) in [5.41, 5.74) is 0. The number of phosphoric acid groups is 1. The normalized spacial score (nSPS) is 14.2. The largest absolute Gasteiger partial charge is 0.480 e. The van der Waals surface area contributed by atoms with Crippen molar-refractivity contribution < 1.29 is 47.8 Å². The van der Waals surface area contributed by atoms with E-state index in [9.17, 15) is 34.1 Å². The number of unbranched alkanes of at least 4 members (excludes halogenated alkanes) is 16. The van der Waals surface area contributed by atoms with E-state index in [1.807, 2.05) is 0 Å². The molecule has 0 aliphatic carbocycles. The van der Waals surface area contributed by atoms with Crippen molar-refractivity contribution in [2.45, 2.75) is 167 Å². The van der Waals surface area contributed by atoms with E-state index in [2.05, 4.69) is 43.5 Å². The highest BCUT2D eigenvalue weighted by Crippen LogP contribution is 2.43. The predicted octanol–water partition coefficient (Wildman–Crippen LogP) is 8.33. The molecule has 0 bridgehead atoms. The zero-order chi connectivity index (χ0) is 35.7. The first kappa shape index (κ1) is 46.0. The van der Waals surface area contributed by atoms with Crippen molar-refractivity contribution in [1.29, 1.82) is 0 Å². The van der Waals surface area contributed by atoms with Crippen LogP contribution in [0.25, 0.3) is 0 Å². The van der Waals surface area contributed by atoms with Crippen LogP contribution in [0.4, 0.5) is 0 Å². The number of carbonyl (C=O) groups excluding carboxylic acids is 2. The lowest BCUT2D eigenvalue weighted by molar-refractivity contribution is -0.147. The van der Waals surface area contributed by atoms with Gasteiger partial charge in [0.25, 0.3) is 0 Å². The van der Waals surface area contributed by atoms with Crippen LogP contribution >= 0.6 is 7.82 Å². The lowest BCUT2D eigenvalue weighted by Gasteiger charge is -2.18. The number of carboxylic acids is 1. The minimum atomic E-state index is -4.75. The minimum Gasteiger partial charge on any atom is -0.480 e. The summed E-state index contributed by atoms with van der Waals surface area (Å²) in [5, 5.41) is 21.7. The summed E-state index contributed by atoms with van der Waals surface area (Å²) in [6.07, 6.45) is 29.3. The lowest BCUT2D eigenvalue weighted by Crippen LogP contribution is -2.43. The van der Waals surface area contributed by atoms with Gasteiger partial charge in [0.1, 0.15) is 12.7 Å². The third kappa shape index (κ3) is 31.2. The molecule has 1 amide bonds. The Hall–Kier alpha value is -2.04. The number of ether oxygens (including phenoxy) is 1. The Kier molecular flexibility index (Phi) is 30.8. The van der Waals surface area contributed by atoms with Crippen molar-refractivity contribution in [3.63, 3.8) is 0 Å². The maximum absolute atomic E-state index is 12.2. The Labute approximate surface area is 289 Å². The number of phosphoric ester groups is 1. The molecule has 12 heteroatoms.